The minimum atomic E-state index is -3.90. The van der Waals surface area contributed by atoms with Crippen molar-refractivity contribution in [3.8, 4) is 10.7 Å². The van der Waals surface area contributed by atoms with Crippen LogP contribution in [0.4, 0.5) is 14.5 Å². The molecule has 2 fully saturated rings. The quantitative estimate of drug-likeness (QED) is 0.458. The van der Waals surface area contributed by atoms with E-state index in [4.69, 9.17) is 4.74 Å². The summed E-state index contributed by atoms with van der Waals surface area (Å²) < 4.78 is 63.0. The molecule has 3 aromatic heterocycles. The van der Waals surface area contributed by atoms with E-state index >= 15 is 0 Å². The second-order valence-electron chi connectivity index (χ2n) is 9.16. The molecule has 2 atom stereocenters. The molecule has 0 bridgehead atoms. The van der Waals surface area contributed by atoms with E-state index in [-0.39, 0.29) is 22.6 Å². The smallest absolute Gasteiger partial charge is 0.291 e. The summed E-state index contributed by atoms with van der Waals surface area (Å²) in [4.78, 5) is 6.53. The van der Waals surface area contributed by atoms with Crippen molar-refractivity contribution in [1.29, 1.82) is 0 Å². The van der Waals surface area contributed by atoms with Crippen LogP contribution in [0.5, 0.6) is 0 Å². The molecule has 0 aromatic carbocycles. The molecule has 2 aliphatic rings. The second-order valence-corrected chi connectivity index (χ2v) is 11.9. The van der Waals surface area contributed by atoms with Gasteiger partial charge in [-0.05, 0) is 32.3 Å². The molecule has 1 aliphatic heterocycles. The second kappa shape index (κ2) is 9.00. The summed E-state index contributed by atoms with van der Waals surface area (Å²) in [6.07, 6.45) is 1.93. The Labute approximate surface area is 205 Å². The minimum Gasteiger partial charge on any atom is -0.394 e. The molecule has 35 heavy (non-hydrogen) atoms. The predicted octanol–water partition coefficient (Wildman–Crippen LogP) is 2.60. The average molecular weight is 529 g/mol. The molecule has 1 saturated carbocycles. The molecule has 1 aliphatic carbocycles. The van der Waals surface area contributed by atoms with E-state index in [1.165, 1.54) is 12.4 Å². The Morgan fingerprint density at radius 3 is 2.77 bits per heavy atom. The van der Waals surface area contributed by atoms with Gasteiger partial charge in [0.2, 0.25) is 10.0 Å². The zero-order valence-electron chi connectivity index (χ0n) is 19.2. The monoisotopic (exact) mass is 528 g/mol. The van der Waals surface area contributed by atoms with Crippen LogP contribution in [0.2, 0.25) is 0 Å². The third-order valence-electron chi connectivity index (χ3n) is 6.45. The first-order valence-corrected chi connectivity index (χ1v) is 13.6. The van der Waals surface area contributed by atoms with Gasteiger partial charge >= 0.3 is 0 Å². The zero-order valence-corrected chi connectivity index (χ0v) is 20.8. The lowest BCUT2D eigenvalue weighted by Gasteiger charge is -2.40. The lowest BCUT2D eigenvalue weighted by Crippen LogP contribution is -2.51. The van der Waals surface area contributed by atoms with Crippen LogP contribution in [0.25, 0.3) is 16.3 Å². The summed E-state index contributed by atoms with van der Waals surface area (Å²) in [5, 5.41) is 16.9. The number of imidazole rings is 1. The van der Waals surface area contributed by atoms with Crippen molar-refractivity contribution >= 4 is 32.7 Å². The molecular weight excluding hydrogens is 502 g/mol. The zero-order chi connectivity index (χ0) is 25.0. The van der Waals surface area contributed by atoms with Gasteiger partial charge in [0.15, 0.2) is 15.7 Å². The number of ether oxygens (including phenoxy) is 1. The number of alkyl halides is 2. The van der Waals surface area contributed by atoms with Gasteiger partial charge in [0, 0.05) is 18.3 Å². The molecule has 0 amide bonds. The van der Waals surface area contributed by atoms with Crippen molar-refractivity contribution in [1.82, 2.24) is 24.3 Å². The number of hydrogen-bond acceptors (Lipinski definition) is 9. The van der Waals surface area contributed by atoms with Gasteiger partial charge in [0.25, 0.3) is 6.43 Å². The number of pyridine rings is 1. The van der Waals surface area contributed by atoms with Gasteiger partial charge in [-0.3, -0.25) is 4.40 Å². The van der Waals surface area contributed by atoms with Gasteiger partial charge in [-0.15, -0.1) is 10.2 Å². The van der Waals surface area contributed by atoms with E-state index in [9.17, 15) is 22.3 Å². The van der Waals surface area contributed by atoms with Crippen LogP contribution in [0.3, 0.4) is 0 Å². The number of aromatic nitrogens is 4. The fourth-order valence-electron chi connectivity index (χ4n) is 4.16. The molecule has 190 valence electrons. The van der Waals surface area contributed by atoms with Crippen LogP contribution in [-0.2, 0) is 14.8 Å². The maximum Gasteiger partial charge on any atom is 0.291 e. The predicted molar refractivity (Wildman–Crippen MR) is 125 cm³/mol. The maximum atomic E-state index is 13.3. The number of rotatable bonds is 8. The third kappa shape index (κ3) is 4.65. The number of aliphatic hydroxyl groups is 1. The number of aliphatic hydroxyl groups excluding tert-OH is 1. The SMILES string of the molecule is CC[C@@H]1CO[C@@H](CO)CN1c1cc(S(=O)(=O)NC2(C)CC2)cn2c(-c3nnc(C(F)F)s3)cnc12. The molecule has 0 spiro atoms. The van der Waals surface area contributed by atoms with Crippen LogP contribution in [0.1, 0.15) is 44.5 Å². The highest BCUT2D eigenvalue weighted by atomic mass is 32.2. The van der Waals surface area contributed by atoms with Gasteiger partial charge in [-0.1, -0.05) is 18.3 Å². The summed E-state index contributed by atoms with van der Waals surface area (Å²) in [5.74, 6) is 0. The highest BCUT2D eigenvalue weighted by molar-refractivity contribution is 7.89. The Hall–Kier alpha value is -2.26. The molecule has 10 nitrogen and oxygen atoms in total. The topological polar surface area (TPSA) is 122 Å². The van der Waals surface area contributed by atoms with Crippen molar-refractivity contribution in [3.63, 3.8) is 0 Å². The number of nitrogens with zero attached hydrogens (tertiary/aromatic N) is 5. The first-order valence-electron chi connectivity index (χ1n) is 11.3. The Morgan fingerprint density at radius 1 is 1.37 bits per heavy atom. The largest absolute Gasteiger partial charge is 0.394 e. The molecule has 0 radical (unpaired) electrons. The summed E-state index contributed by atoms with van der Waals surface area (Å²) >= 11 is 0.733. The highest BCUT2D eigenvalue weighted by Crippen LogP contribution is 2.38. The first-order chi connectivity index (χ1) is 16.6. The van der Waals surface area contributed by atoms with Crippen molar-refractivity contribution < 1.29 is 27.0 Å². The molecule has 3 aromatic rings. The van der Waals surface area contributed by atoms with E-state index < -0.39 is 33.1 Å². The average Bonchev–Trinajstić information content (AvgIpc) is 3.21. The molecular formula is C21H26F2N6O4S2. The van der Waals surface area contributed by atoms with Crippen LogP contribution in [-0.4, -0.2) is 70.5 Å². The van der Waals surface area contributed by atoms with Crippen LogP contribution >= 0.6 is 11.3 Å². The summed E-state index contributed by atoms with van der Waals surface area (Å²) in [5.41, 5.74) is 0.874. The van der Waals surface area contributed by atoms with E-state index in [1.807, 2.05) is 18.7 Å². The number of nitrogens with one attached hydrogen (secondary N) is 1. The summed E-state index contributed by atoms with van der Waals surface area (Å²) in [6, 6.07) is 1.51. The van der Waals surface area contributed by atoms with Gasteiger partial charge in [0.05, 0.1) is 37.2 Å². The molecule has 0 unspecified atom stereocenters. The Kier molecular flexibility index (Phi) is 6.28. The number of halogens is 2. The van der Waals surface area contributed by atoms with Crippen LogP contribution in [0, 0.1) is 0 Å². The number of fused-ring (bicyclic) bond motifs is 1. The van der Waals surface area contributed by atoms with Crippen molar-refractivity contribution in [2.45, 2.75) is 62.1 Å². The van der Waals surface area contributed by atoms with Crippen LogP contribution in [0.15, 0.2) is 23.4 Å². The third-order valence-corrected chi connectivity index (χ3v) is 9.01. The maximum absolute atomic E-state index is 13.3. The first kappa shape index (κ1) is 24.4. The Morgan fingerprint density at radius 2 is 2.14 bits per heavy atom. The molecule has 5 rings (SSSR count). The standard InChI is InChI=1S/C21H26F2N6O4S2/c1-3-12-11-33-13(10-30)8-28(12)15-6-14(35(31,32)27-21(2)4-5-21)9-29-16(7-24-18(15)29)19-25-26-20(34-19)17(22)23/h6-7,9,12-13,17,27,30H,3-5,8,10-11H2,1-2H3/t12-,13-/m1/s1. The van der Waals surface area contributed by atoms with E-state index in [0.717, 1.165) is 30.6 Å². The summed E-state index contributed by atoms with van der Waals surface area (Å²) in [6.45, 7) is 4.37. The van der Waals surface area contributed by atoms with E-state index in [0.29, 0.717) is 30.2 Å². The number of sulfonamides is 1. The highest BCUT2D eigenvalue weighted by Gasteiger charge is 2.42. The molecule has 14 heteroatoms. The Balaban J connectivity index is 1.68. The normalized spacial score (nSPS) is 22.3. The van der Waals surface area contributed by atoms with Gasteiger partial charge < -0.3 is 14.7 Å². The van der Waals surface area contributed by atoms with E-state index in [2.05, 4.69) is 19.9 Å². The van der Waals surface area contributed by atoms with Crippen molar-refractivity contribution in [3.05, 3.63) is 23.5 Å². The fraction of sp³-hybridized carbons (Fsp3) is 0.571. The molecule has 2 N–H and O–H groups in total. The minimum absolute atomic E-state index is 0.0212. The van der Waals surface area contributed by atoms with Gasteiger partial charge in [-0.25, -0.2) is 26.9 Å². The fourth-order valence-corrected chi connectivity index (χ4v) is 6.35. The van der Waals surface area contributed by atoms with Gasteiger partial charge in [0.1, 0.15) is 10.6 Å². The van der Waals surface area contributed by atoms with Gasteiger partial charge in [-0.2, -0.15) is 0 Å². The number of hydrogen-bond donors (Lipinski definition) is 2. The lowest BCUT2D eigenvalue weighted by molar-refractivity contribution is -0.0134. The molecule has 4 heterocycles. The number of morpholine rings is 1. The van der Waals surface area contributed by atoms with E-state index in [1.54, 1.807) is 10.5 Å². The molecule has 1 saturated heterocycles. The lowest BCUT2D eigenvalue weighted by atomic mass is 10.1. The van der Waals surface area contributed by atoms with Crippen molar-refractivity contribution in [2.24, 2.45) is 0 Å². The van der Waals surface area contributed by atoms with Crippen LogP contribution < -0.4 is 9.62 Å². The van der Waals surface area contributed by atoms with Crippen molar-refractivity contribution in [2.75, 3.05) is 24.7 Å². The Bertz CT molecular complexity index is 1340. The number of anilines is 1. The summed E-state index contributed by atoms with van der Waals surface area (Å²) in [7, 11) is -3.90.